The molecule has 0 radical (unpaired) electrons. The molecular weight excluding hydrogens is 441 g/mol. The van der Waals surface area contributed by atoms with E-state index in [9.17, 15) is 13.2 Å². The van der Waals surface area contributed by atoms with Crippen LogP contribution in [0.15, 0.2) is 66.6 Å². The lowest BCUT2D eigenvalue weighted by molar-refractivity contribution is -0.192. The Labute approximate surface area is 185 Å². The molecule has 32 heavy (non-hydrogen) atoms. The maximum Gasteiger partial charge on any atom is 0.490 e. The number of aryl methyl sites for hydroxylation is 1. The first-order valence-electron chi connectivity index (χ1n) is 9.00. The molecule has 3 aromatic heterocycles. The van der Waals surface area contributed by atoms with Crippen LogP contribution in [0.2, 0.25) is 0 Å². The Morgan fingerprint density at radius 2 is 1.69 bits per heavy atom. The van der Waals surface area contributed by atoms with Crippen molar-refractivity contribution in [2.24, 2.45) is 7.05 Å². The molecule has 0 spiro atoms. The number of rotatable bonds is 2. The van der Waals surface area contributed by atoms with Gasteiger partial charge in [0.2, 0.25) is 0 Å². The van der Waals surface area contributed by atoms with Gasteiger partial charge in [0, 0.05) is 53.9 Å². The van der Waals surface area contributed by atoms with Gasteiger partial charge in [-0.2, -0.15) is 18.3 Å². The third-order valence-corrected chi connectivity index (χ3v) is 4.66. The molecule has 0 bridgehead atoms. The fraction of sp³-hybridized carbons (Fsp3) is 0.0909. The number of pyridine rings is 1. The van der Waals surface area contributed by atoms with E-state index in [-0.39, 0.29) is 0 Å². The van der Waals surface area contributed by atoms with Crippen LogP contribution >= 0.6 is 11.3 Å². The summed E-state index contributed by atoms with van der Waals surface area (Å²) in [5, 5.41) is 14.5. The van der Waals surface area contributed by atoms with Crippen molar-refractivity contribution in [3.05, 3.63) is 77.1 Å². The number of halogens is 3. The standard InChI is InChI=1S/C20H14N4S.C2HF3O2/c1-24-14-18(16-8-10-21-11-9-16)20(23-24)17-5-2-15(3-6-17)4-7-19-22-12-13-25-19;3-2(4,5)1(6)7/h2-3,5-6,8-14H,1H3;(H,6,7). The number of benzene rings is 1. The molecule has 0 aliphatic carbocycles. The largest absolute Gasteiger partial charge is 0.490 e. The molecule has 0 amide bonds. The molecule has 3 heterocycles. The van der Waals surface area contributed by atoms with Gasteiger partial charge in [0.05, 0.1) is 0 Å². The summed E-state index contributed by atoms with van der Waals surface area (Å²) in [4.78, 5) is 17.2. The first kappa shape index (κ1) is 22.7. The lowest BCUT2D eigenvalue weighted by Gasteiger charge is -2.02. The summed E-state index contributed by atoms with van der Waals surface area (Å²) in [7, 11) is 1.93. The molecule has 0 aliphatic heterocycles. The molecule has 0 atom stereocenters. The molecule has 0 saturated heterocycles. The van der Waals surface area contributed by atoms with E-state index in [0.29, 0.717) is 0 Å². The van der Waals surface area contributed by atoms with Crippen molar-refractivity contribution in [2.45, 2.75) is 6.18 Å². The first-order valence-corrected chi connectivity index (χ1v) is 9.88. The number of aliphatic carboxylic acids is 1. The van der Waals surface area contributed by atoms with Crippen molar-refractivity contribution in [1.82, 2.24) is 19.7 Å². The third kappa shape index (κ3) is 6.02. The van der Waals surface area contributed by atoms with Gasteiger partial charge in [0.25, 0.3) is 0 Å². The fourth-order valence-corrected chi connectivity index (χ4v) is 3.05. The predicted molar refractivity (Wildman–Crippen MR) is 114 cm³/mol. The lowest BCUT2D eigenvalue weighted by atomic mass is 10.0. The highest BCUT2D eigenvalue weighted by molar-refractivity contribution is 7.10. The van der Waals surface area contributed by atoms with Crippen LogP contribution in [0.1, 0.15) is 10.6 Å². The minimum Gasteiger partial charge on any atom is -0.475 e. The Bertz CT molecular complexity index is 1240. The van der Waals surface area contributed by atoms with Gasteiger partial charge in [-0.25, -0.2) is 9.78 Å². The molecule has 0 fully saturated rings. The maximum absolute atomic E-state index is 10.6. The molecule has 10 heteroatoms. The minimum absolute atomic E-state index is 0.828. The number of hydrogen-bond donors (Lipinski definition) is 1. The highest BCUT2D eigenvalue weighted by atomic mass is 32.1. The van der Waals surface area contributed by atoms with E-state index in [2.05, 4.69) is 39.0 Å². The second-order valence-electron chi connectivity index (χ2n) is 6.27. The zero-order valence-electron chi connectivity index (χ0n) is 16.5. The first-order chi connectivity index (χ1) is 15.2. The average molecular weight is 456 g/mol. The number of hydrogen-bond acceptors (Lipinski definition) is 5. The second-order valence-corrected chi connectivity index (χ2v) is 7.16. The van der Waals surface area contributed by atoms with Gasteiger partial charge in [-0.3, -0.25) is 9.67 Å². The second kappa shape index (κ2) is 9.89. The van der Waals surface area contributed by atoms with Crippen molar-refractivity contribution in [3.63, 3.8) is 0 Å². The summed E-state index contributed by atoms with van der Waals surface area (Å²) in [5.41, 5.74) is 5.16. The quantitative estimate of drug-likeness (QED) is 0.445. The zero-order chi connectivity index (χ0) is 23.1. The number of nitrogens with zero attached hydrogens (tertiary/aromatic N) is 4. The maximum atomic E-state index is 10.6. The van der Waals surface area contributed by atoms with Crippen LogP contribution in [0.25, 0.3) is 22.4 Å². The predicted octanol–water partition coefficient (Wildman–Crippen LogP) is 4.64. The fourth-order valence-electron chi connectivity index (χ4n) is 2.57. The van der Waals surface area contributed by atoms with E-state index in [1.807, 2.05) is 47.6 Å². The summed E-state index contributed by atoms with van der Waals surface area (Å²) in [6.45, 7) is 0. The zero-order valence-corrected chi connectivity index (χ0v) is 17.4. The van der Waals surface area contributed by atoms with Crippen LogP contribution < -0.4 is 0 Å². The summed E-state index contributed by atoms with van der Waals surface area (Å²) < 4.78 is 33.6. The van der Waals surface area contributed by atoms with Gasteiger partial charge >= 0.3 is 12.1 Å². The number of aromatic nitrogens is 4. The van der Waals surface area contributed by atoms with E-state index >= 15 is 0 Å². The van der Waals surface area contributed by atoms with Crippen LogP contribution in [0.5, 0.6) is 0 Å². The molecule has 0 aliphatic rings. The van der Waals surface area contributed by atoms with Gasteiger partial charge in [-0.05, 0) is 35.7 Å². The average Bonchev–Trinajstić information content (AvgIpc) is 3.43. The third-order valence-electron chi connectivity index (χ3n) is 3.97. The number of alkyl halides is 3. The van der Waals surface area contributed by atoms with Gasteiger partial charge in [0.15, 0.2) is 5.01 Å². The Kier molecular flexibility index (Phi) is 7.02. The van der Waals surface area contributed by atoms with Gasteiger partial charge in [0.1, 0.15) is 5.69 Å². The molecule has 4 rings (SSSR count). The molecule has 4 aromatic rings. The van der Waals surface area contributed by atoms with Crippen molar-refractivity contribution in [1.29, 1.82) is 0 Å². The summed E-state index contributed by atoms with van der Waals surface area (Å²) in [6.07, 6.45) is 2.30. The van der Waals surface area contributed by atoms with Crippen LogP contribution in [-0.2, 0) is 11.8 Å². The minimum atomic E-state index is -5.08. The summed E-state index contributed by atoms with van der Waals surface area (Å²) >= 11 is 1.54. The molecule has 0 saturated carbocycles. The van der Waals surface area contributed by atoms with Crippen LogP contribution in [0, 0.1) is 11.8 Å². The van der Waals surface area contributed by atoms with Crippen LogP contribution in [0.4, 0.5) is 13.2 Å². The number of carboxylic acid groups (broad SMARTS) is 1. The van der Waals surface area contributed by atoms with E-state index in [4.69, 9.17) is 9.90 Å². The van der Waals surface area contributed by atoms with E-state index in [1.54, 1.807) is 29.9 Å². The Morgan fingerprint density at radius 1 is 1.03 bits per heavy atom. The Balaban J connectivity index is 0.000000360. The molecule has 1 N–H and O–H groups in total. The van der Waals surface area contributed by atoms with E-state index in [0.717, 1.165) is 33.0 Å². The van der Waals surface area contributed by atoms with Crippen molar-refractivity contribution in [2.75, 3.05) is 0 Å². The highest BCUT2D eigenvalue weighted by Gasteiger charge is 2.38. The molecular formula is C22H15F3N4O2S. The van der Waals surface area contributed by atoms with Gasteiger partial charge in [-0.15, -0.1) is 11.3 Å². The lowest BCUT2D eigenvalue weighted by Crippen LogP contribution is -2.21. The molecule has 162 valence electrons. The Hall–Kier alpha value is -3.97. The van der Waals surface area contributed by atoms with Crippen molar-refractivity contribution >= 4 is 17.3 Å². The number of thiazole rings is 1. The number of carboxylic acids is 1. The van der Waals surface area contributed by atoms with Gasteiger partial charge < -0.3 is 5.11 Å². The summed E-state index contributed by atoms with van der Waals surface area (Å²) in [5.74, 6) is 3.46. The van der Waals surface area contributed by atoms with Crippen LogP contribution in [0.3, 0.4) is 0 Å². The Morgan fingerprint density at radius 3 is 2.25 bits per heavy atom. The summed E-state index contributed by atoms with van der Waals surface area (Å²) in [6, 6.07) is 12.1. The molecule has 6 nitrogen and oxygen atoms in total. The monoisotopic (exact) mass is 456 g/mol. The van der Waals surface area contributed by atoms with Crippen molar-refractivity contribution in [3.8, 4) is 34.2 Å². The smallest absolute Gasteiger partial charge is 0.475 e. The topological polar surface area (TPSA) is 80.9 Å². The van der Waals surface area contributed by atoms with E-state index < -0.39 is 12.1 Å². The number of carbonyl (C=O) groups is 1. The van der Waals surface area contributed by atoms with Gasteiger partial charge in [-0.1, -0.05) is 18.1 Å². The van der Waals surface area contributed by atoms with Crippen molar-refractivity contribution < 1.29 is 23.1 Å². The highest BCUT2D eigenvalue weighted by Crippen LogP contribution is 2.30. The molecule has 1 aromatic carbocycles. The normalized spacial score (nSPS) is 10.5. The van der Waals surface area contributed by atoms with E-state index in [1.165, 1.54) is 0 Å². The molecule has 0 unspecified atom stereocenters. The SMILES string of the molecule is Cn1cc(-c2ccncc2)c(-c2ccc(C#Cc3nccs3)cc2)n1.O=C(O)C(F)(F)F. The van der Waals surface area contributed by atoms with Crippen LogP contribution in [-0.4, -0.2) is 37.0 Å².